The first kappa shape index (κ1) is 18.3. The Balaban J connectivity index is 1.79. The van der Waals surface area contributed by atoms with Crippen LogP contribution in [0.15, 0.2) is 78.0 Å². The van der Waals surface area contributed by atoms with Crippen LogP contribution in [0.4, 0.5) is 10.1 Å². The Hall–Kier alpha value is -3.54. The first-order valence-electron chi connectivity index (χ1n) is 8.44. The quantitative estimate of drug-likeness (QED) is 0.546. The summed E-state index contributed by atoms with van der Waals surface area (Å²) in [5.41, 5.74) is 3.08. The lowest BCUT2D eigenvalue weighted by Gasteiger charge is -2.12. The molecule has 136 valence electrons. The molecule has 0 aliphatic carbocycles. The molecule has 2 N–H and O–H groups in total. The summed E-state index contributed by atoms with van der Waals surface area (Å²) in [6, 6.07) is 16.9. The average Bonchev–Trinajstić information content (AvgIpc) is 2.68. The molecule has 0 spiro atoms. The van der Waals surface area contributed by atoms with Gasteiger partial charge < -0.3 is 5.32 Å². The zero-order chi connectivity index (χ0) is 19.1. The monoisotopic (exact) mass is 362 g/mol. The van der Waals surface area contributed by atoms with Crippen molar-refractivity contribution in [3.63, 3.8) is 0 Å². The highest BCUT2D eigenvalue weighted by Crippen LogP contribution is 2.09. The van der Waals surface area contributed by atoms with Gasteiger partial charge in [-0.25, -0.2) is 9.38 Å². The first-order valence-corrected chi connectivity index (χ1v) is 8.44. The normalized spacial score (nSPS) is 11.1. The molecule has 0 atom stereocenters. The molecule has 27 heavy (non-hydrogen) atoms. The van der Waals surface area contributed by atoms with Gasteiger partial charge in [0.2, 0.25) is 5.96 Å². The number of hydrogen-bond donors (Lipinski definition) is 2. The summed E-state index contributed by atoms with van der Waals surface area (Å²) in [6.07, 6.45) is 3.37. The molecule has 0 radical (unpaired) electrons. The number of carbonyl (C=O) groups excluding carboxylic acids is 1. The van der Waals surface area contributed by atoms with Crippen LogP contribution < -0.4 is 10.6 Å². The van der Waals surface area contributed by atoms with Crippen LogP contribution in [0.25, 0.3) is 0 Å². The Labute approximate surface area is 157 Å². The van der Waals surface area contributed by atoms with Gasteiger partial charge in [0.05, 0.1) is 6.54 Å². The molecule has 0 saturated heterocycles. The lowest BCUT2D eigenvalue weighted by atomic mass is 10.2. The molecule has 0 fully saturated rings. The summed E-state index contributed by atoms with van der Waals surface area (Å²) in [5, 5.41) is 5.81. The predicted molar refractivity (Wildman–Crippen MR) is 104 cm³/mol. The first-order chi connectivity index (χ1) is 13.1. The number of anilines is 1. The molecule has 3 rings (SSSR count). The third-order valence-electron chi connectivity index (χ3n) is 3.80. The number of pyridine rings is 1. The third-order valence-corrected chi connectivity index (χ3v) is 3.80. The van der Waals surface area contributed by atoms with Crippen molar-refractivity contribution >= 4 is 17.6 Å². The number of carbonyl (C=O) groups is 1. The number of aromatic nitrogens is 1. The van der Waals surface area contributed by atoms with Crippen molar-refractivity contribution in [3.05, 3.63) is 95.6 Å². The SMILES string of the molecule is Cc1ccc(NC(=NCc2ccncc2)NC(=O)c2cccc(F)c2)cc1. The molecule has 2 aromatic carbocycles. The van der Waals surface area contributed by atoms with E-state index >= 15 is 0 Å². The highest BCUT2D eigenvalue weighted by atomic mass is 19.1. The van der Waals surface area contributed by atoms with Crippen molar-refractivity contribution in [3.8, 4) is 0 Å². The lowest BCUT2D eigenvalue weighted by molar-refractivity contribution is 0.0976. The van der Waals surface area contributed by atoms with Crippen molar-refractivity contribution in [2.24, 2.45) is 4.99 Å². The second-order valence-corrected chi connectivity index (χ2v) is 5.98. The number of guanidine groups is 1. The number of aliphatic imine (C=N–C) groups is 1. The highest BCUT2D eigenvalue weighted by molar-refractivity contribution is 6.09. The summed E-state index contributed by atoms with van der Waals surface area (Å²) >= 11 is 0. The summed E-state index contributed by atoms with van der Waals surface area (Å²) < 4.78 is 13.4. The maximum atomic E-state index is 13.4. The van der Waals surface area contributed by atoms with Crippen LogP contribution in [0.5, 0.6) is 0 Å². The van der Waals surface area contributed by atoms with Gasteiger partial charge in [0, 0.05) is 23.6 Å². The summed E-state index contributed by atoms with van der Waals surface area (Å²) in [6.45, 7) is 2.36. The molecule has 0 aliphatic rings. The lowest BCUT2D eigenvalue weighted by Crippen LogP contribution is -2.36. The minimum atomic E-state index is -0.468. The molecular formula is C21H19FN4O. The van der Waals surface area contributed by atoms with Crippen molar-refractivity contribution in [2.45, 2.75) is 13.5 Å². The van der Waals surface area contributed by atoms with Crippen LogP contribution in [0.2, 0.25) is 0 Å². The number of hydrogen-bond acceptors (Lipinski definition) is 3. The number of rotatable bonds is 4. The largest absolute Gasteiger partial charge is 0.326 e. The van der Waals surface area contributed by atoms with Crippen LogP contribution in [0, 0.1) is 12.7 Å². The molecule has 1 aromatic heterocycles. The Morgan fingerprint density at radius 1 is 1.07 bits per heavy atom. The van der Waals surface area contributed by atoms with Crippen LogP contribution in [-0.4, -0.2) is 16.9 Å². The van der Waals surface area contributed by atoms with E-state index in [1.54, 1.807) is 18.5 Å². The zero-order valence-corrected chi connectivity index (χ0v) is 14.8. The van der Waals surface area contributed by atoms with Gasteiger partial charge in [-0.2, -0.15) is 0 Å². The summed E-state index contributed by atoms with van der Waals surface area (Å²) in [5.74, 6) is -0.628. The van der Waals surface area contributed by atoms with E-state index in [1.807, 2.05) is 43.3 Å². The van der Waals surface area contributed by atoms with E-state index in [9.17, 15) is 9.18 Å². The van der Waals surface area contributed by atoms with Gasteiger partial charge >= 0.3 is 0 Å². The van der Waals surface area contributed by atoms with E-state index in [4.69, 9.17) is 0 Å². The Kier molecular flexibility index (Phi) is 5.89. The van der Waals surface area contributed by atoms with Crippen LogP contribution in [0.1, 0.15) is 21.5 Å². The van der Waals surface area contributed by atoms with Crippen LogP contribution in [0.3, 0.4) is 0 Å². The Morgan fingerprint density at radius 2 is 1.81 bits per heavy atom. The Bertz CT molecular complexity index is 940. The predicted octanol–water partition coefficient (Wildman–Crippen LogP) is 3.93. The number of nitrogens with one attached hydrogen (secondary N) is 2. The summed E-state index contributed by atoms with van der Waals surface area (Å²) in [4.78, 5) is 20.9. The van der Waals surface area contributed by atoms with Gasteiger partial charge in [-0.1, -0.05) is 23.8 Å². The number of aryl methyl sites for hydroxylation is 1. The molecule has 0 saturated carbocycles. The zero-order valence-electron chi connectivity index (χ0n) is 14.8. The van der Waals surface area contributed by atoms with Crippen molar-refractivity contribution in [2.75, 3.05) is 5.32 Å². The van der Waals surface area contributed by atoms with E-state index in [-0.39, 0.29) is 11.5 Å². The van der Waals surface area contributed by atoms with E-state index in [2.05, 4.69) is 20.6 Å². The van der Waals surface area contributed by atoms with Gasteiger partial charge in [0.25, 0.3) is 5.91 Å². The molecular weight excluding hydrogens is 343 g/mol. The molecule has 0 unspecified atom stereocenters. The fraction of sp³-hybridized carbons (Fsp3) is 0.0952. The topological polar surface area (TPSA) is 66.4 Å². The van der Waals surface area contributed by atoms with Gasteiger partial charge in [-0.05, 0) is 55.0 Å². The second kappa shape index (κ2) is 8.71. The number of amides is 1. The number of benzene rings is 2. The minimum Gasteiger partial charge on any atom is -0.326 e. The Morgan fingerprint density at radius 3 is 2.52 bits per heavy atom. The molecule has 1 amide bonds. The van der Waals surface area contributed by atoms with E-state index in [0.717, 1.165) is 16.8 Å². The van der Waals surface area contributed by atoms with Gasteiger partial charge in [0.1, 0.15) is 5.82 Å². The van der Waals surface area contributed by atoms with Crippen LogP contribution >= 0.6 is 0 Å². The van der Waals surface area contributed by atoms with Crippen molar-refractivity contribution in [1.29, 1.82) is 0 Å². The molecule has 6 heteroatoms. The van der Waals surface area contributed by atoms with Gasteiger partial charge in [-0.3, -0.25) is 15.1 Å². The number of nitrogens with zero attached hydrogens (tertiary/aromatic N) is 2. The van der Waals surface area contributed by atoms with Crippen LogP contribution in [-0.2, 0) is 6.54 Å². The van der Waals surface area contributed by atoms with Crippen molar-refractivity contribution in [1.82, 2.24) is 10.3 Å². The maximum Gasteiger partial charge on any atom is 0.258 e. The second-order valence-electron chi connectivity index (χ2n) is 5.98. The van der Waals surface area contributed by atoms with Crippen molar-refractivity contribution < 1.29 is 9.18 Å². The smallest absolute Gasteiger partial charge is 0.258 e. The molecule has 1 heterocycles. The van der Waals surface area contributed by atoms with E-state index < -0.39 is 11.7 Å². The molecule has 3 aromatic rings. The maximum absolute atomic E-state index is 13.4. The third kappa shape index (κ3) is 5.47. The fourth-order valence-electron chi connectivity index (χ4n) is 2.35. The fourth-order valence-corrected chi connectivity index (χ4v) is 2.35. The van der Waals surface area contributed by atoms with Gasteiger partial charge in [-0.15, -0.1) is 0 Å². The highest BCUT2D eigenvalue weighted by Gasteiger charge is 2.10. The van der Waals surface area contributed by atoms with E-state index in [1.165, 1.54) is 18.2 Å². The summed E-state index contributed by atoms with van der Waals surface area (Å²) in [7, 11) is 0. The number of halogens is 1. The minimum absolute atomic E-state index is 0.220. The average molecular weight is 362 g/mol. The van der Waals surface area contributed by atoms with E-state index in [0.29, 0.717) is 6.54 Å². The van der Waals surface area contributed by atoms with Gasteiger partial charge in [0.15, 0.2) is 0 Å². The molecule has 5 nitrogen and oxygen atoms in total. The molecule has 0 aliphatic heterocycles. The molecule has 0 bridgehead atoms. The standard InChI is InChI=1S/C21H19FN4O/c1-15-5-7-19(8-6-15)25-21(24-14-16-9-11-23-12-10-16)26-20(27)17-3-2-4-18(22)13-17/h2-13H,14H2,1H3,(H2,24,25,26,27).